The van der Waals surface area contributed by atoms with E-state index < -0.39 is 29.7 Å². The van der Waals surface area contributed by atoms with Crippen LogP contribution in [0.4, 0.5) is 8.78 Å². The monoisotopic (exact) mass is 488 g/mol. The topological polar surface area (TPSA) is 79.8 Å². The van der Waals surface area contributed by atoms with Crippen molar-refractivity contribution in [3.8, 4) is 5.75 Å². The van der Waals surface area contributed by atoms with Crippen molar-refractivity contribution in [2.45, 2.75) is 69.2 Å². The SMILES string of the molecule is CCc1ccc2c(c1)[C@@H](NC[C@@H](O)[C@H](Cc1cc(F)cc(F)c1)NC(=O)COC)CC1(CCC1)O2. The van der Waals surface area contributed by atoms with Crippen LogP contribution in [0.5, 0.6) is 5.75 Å². The molecule has 4 rings (SSSR count). The molecule has 0 radical (unpaired) electrons. The zero-order valence-corrected chi connectivity index (χ0v) is 20.3. The van der Waals surface area contributed by atoms with Gasteiger partial charge in [0.2, 0.25) is 5.91 Å². The highest BCUT2D eigenvalue weighted by Crippen LogP contribution is 2.49. The van der Waals surface area contributed by atoms with E-state index in [4.69, 9.17) is 9.47 Å². The molecule has 1 amide bonds. The Bertz CT molecular complexity index is 1020. The number of aliphatic hydroxyl groups is 1. The normalized spacial score (nSPS) is 19.9. The summed E-state index contributed by atoms with van der Waals surface area (Å²) in [6, 6.07) is 8.71. The second-order valence-corrected chi connectivity index (χ2v) is 9.69. The van der Waals surface area contributed by atoms with Crippen molar-refractivity contribution >= 4 is 5.91 Å². The van der Waals surface area contributed by atoms with Gasteiger partial charge in [-0.2, -0.15) is 0 Å². The van der Waals surface area contributed by atoms with Gasteiger partial charge in [-0.25, -0.2) is 8.78 Å². The Hall–Kier alpha value is -2.55. The molecule has 190 valence electrons. The maximum absolute atomic E-state index is 13.7. The summed E-state index contributed by atoms with van der Waals surface area (Å²) in [5, 5.41) is 17.3. The molecule has 1 saturated carbocycles. The number of rotatable bonds is 10. The molecule has 0 saturated heterocycles. The van der Waals surface area contributed by atoms with Gasteiger partial charge in [-0.05, 0) is 61.4 Å². The molecule has 6 nitrogen and oxygen atoms in total. The summed E-state index contributed by atoms with van der Waals surface area (Å²) in [7, 11) is 1.40. The lowest BCUT2D eigenvalue weighted by Gasteiger charge is -2.48. The largest absolute Gasteiger partial charge is 0.487 e. The molecule has 2 aromatic rings. The van der Waals surface area contributed by atoms with Gasteiger partial charge in [-0.1, -0.05) is 19.1 Å². The van der Waals surface area contributed by atoms with Crippen molar-refractivity contribution in [1.82, 2.24) is 10.6 Å². The first-order valence-corrected chi connectivity index (χ1v) is 12.3. The van der Waals surface area contributed by atoms with Crippen molar-refractivity contribution in [2.24, 2.45) is 0 Å². The third-order valence-electron chi connectivity index (χ3n) is 7.06. The van der Waals surface area contributed by atoms with Gasteiger partial charge in [0.25, 0.3) is 0 Å². The molecule has 0 bridgehead atoms. The van der Waals surface area contributed by atoms with Crippen LogP contribution in [0.15, 0.2) is 36.4 Å². The lowest BCUT2D eigenvalue weighted by molar-refractivity contribution is -0.126. The molecular weight excluding hydrogens is 454 g/mol. The van der Waals surface area contributed by atoms with Gasteiger partial charge >= 0.3 is 0 Å². The fourth-order valence-corrected chi connectivity index (χ4v) is 5.05. The van der Waals surface area contributed by atoms with E-state index in [1.54, 1.807) is 0 Å². The van der Waals surface area contributed by atoms with Gasteiger partial charge in [0, 0.05) is 37.7 Å². The number of carbonyl (C=O) groups excluding carboxylic acids is 1. The third-order valence-corrected chi connectivity index (χ3v) is 7.06. The minimum atomic E-state index is -1.000. The molecule has 1 aliphatic heterocycles. The number of nitrogens with one attached hydrogen (secondary N) is 2. The Morgan fingerprint density at radius 2 is 1.94 bits per heavy atom. The van der Waals surface area contributed by atoms with Crippen LogP contribution in [-0.4, -0.2) is 49.0 Å². The summed E-state index contributed by atoms with van der Waals surface area (Å²) < 4.78 is 38.7. The second-order valence-electron chi connectivity index (χ2n) is 9.69. The second kappa shape index (κ2) is 11.0. The van der Waals surface area contributed by atoms with Crippen LogP contribution in [0.3, 0.4) is 0 Å². The maximum atomic E-state index is 13.7. The first-order valence-electron chi connectivity index (χ1n) is 12.3. The number of amides is 1. The molecule has 2 aromatic carbocycles. The molecule has 3 N–H and O–H groups in total. The zero-order valence-electron chi connectivity index (χ0n) is 20.3. The summed E-state index contributed by atoms with van der Waals surface area (Å²) in [6.45, 7) is 2.11. The number of halogens is 2. The van der Waals surface area contributed by atoms with Crippen molar-refractivity contribution in [2.75, 3.05) is 20.3 Å². The molecule has 1 heterocycles. The molecule has 1 spiro atoms. The van der Waals surface area contributed by atoms with Gasteiger partial charge in [-0.3, -0.25) is 4.79 Å². The van der Waals surface area contributed by atoms with E-state index >= 15 is 0 Å². The van der Waals surface area contributed by atoms with E-state index in [2.05, 4.69) is 29.7 Å². The van der Waals surface area contributed by atoms with Crippen molar-refractivity contribution in [3.63, 3.8) is 0 Å². The van der Waals surface area contributed by atoms with Crippen LogP contribution < -0.4 is 15.4 Å². The van der Waals surface area contributed by atoms with Crippen LogP contribution >= 0.6 is 0 Å². The molecule has 8 heteroatoms. The van der Waals surface area contributed by atoms with Crippen LogP contribution in [0, 0.1) is 11.6 Å². The Morgan fingerprint density at radius 3 is 2.57 bits per heavy atom. The quantitative estimate of drug-likeness (QED) is 0.476. The number of hydrogen-bond donors (Lipinski definition) is 3. The van der Waals surface area contributed by atoms with E-state index in [1.165, 1.54) is 24.8 Å². The highest BCUT2D eigenvalue weighted by atomic mass is 19.1. The minimum absolute atomic E-state index is 0.0119. The summed E-state index contributed by atoms with van der Waals surface area (Å²) in [5.74, 6) is -0.942. The first-order chi connectivity index (χ1) is 16.8. The predicted octanol–water partition coefficient (Wildman–Crippen LogP) is 3.60. The summed E-state index contributed by atoms with van der Waals surface area (Å²) >= 11 is 0. The lowest BCUT2D eigenvalue weighted by atomic mass is 9.72. The summed E-state index contributed by atoms with van der Waals surface area (Å²) in [4.78, 5) is 12.2. The highest BCUT2D eigenvalue weighted by Gasteiger charge is 2.45. The predicted molar refractivity (Wildman–Crippen MR) is 128 cm³/mol. The van der Waals surface area contributed by atoms with Gasteiger partial charge in [-0.15, -0.1) is 0 Å². The van der Waals surface area contributed by atoms with E-state index in [-0.39, 0.29) is 31.2 Å². The Morgan fingerprint density at radius 1 is 1.20 bits per heavy atom. The molecule has 2 aliphatic rings. The molecular formula is C27H34F2N2O4. The van der Waals surface area contributed by atoms with Gasteiger partial charge in [0.1, 0.15) is 29.6 Å². The average Bonchev–Trinajstić information content (AvgIpc) is 2.79. The molecule has 0 aromatic heterocycles. The van der Waals surface area contributed by atoms with Crippen molar-refractivity contribution in [1.29, 1.82) is 0 Å². The summed E-state index contributed by atoms with van der Waals surface area (Å²) in [6.07, 6.45) is 3.92. The number of fused-ring (bicyclic) bond motifs is 1. The molecule has 35 heavy (non-hydrogen) atoms. The summed E-state index contributed by atoms with van der Waals surface area (Å²) in [5.41, 5.74) is 2.46. The number of methoxy groups -OCH3 is 1. The van der Waals surface area contributed by atoms with Gasteiger partial charge in [0.05, 0.1) is 12.1 Å². The molecule has 1 aliphatic carbocycles. The third kappa shape index (κ3) is 6.18. The van der Waals surface area contributed by atoms with Crippen LogP contribution in [0.2, 0.25) is 0 Å². The number of ether oxygens (including phenoxy) is 2. The van der Waals surface area contributed by atoms with Crippen LogP contribution in [0.1, 0.15) is 55.3 Å². The lowest BCUT2D eigenvalue weighted by Crippen LogP contribution is -2.52. The Labute approximate surface area is 205 Å². The van der Waals surface area contributed by atoms with Crippen molar-refractivity contribution in [3.05, 3.63) is 64.7 Å². The van der Waals surface area contributed by atoms with E-state index in [0.717, 1.165) is 49.5 Å². The smallest absolute Gasteiger partial charge is 0.246 e. The fraction of sp³-hybridized carbons (Fsp3) is 0.519. The maximum Gasteiger partial charge on any atom is 0.246 e. The van der Waals surface area contributed by atoms with Crippen LogP contribution in [0.25, 0.3) is 0 Å². The Balaban J connectivity index is 1.50. The Kier molecular flexibility index (Phi) is 8.04. The molecule has 0 unspecified atom stereocenters. The highest BCUT2D eigenvalue weighted by molar-refractivity contribution is 5.77. The standard InChI is InChI=1S/C27H34F2N2O4/c1-3-17-5-6-25-21(11-17)23(14-27(35-25)7-4-8-27)30-15-24(32)22(31-26(33)16-34-2)12-18-9-19(28)13-20(29)10-18/h5-6,9-11,13,22-24,30,32H,3-4,7-8,12,14-16H2,1-2H3,(H,31,33)/t22-,23-,24+/m0/s1. The number of carbonyl (C=O) groups is 1. The average molecular weight is 489 g/mol. The van der Waals surface area contributed by atoms with Gasteiger partial charge < -0.3 is 25.2 Å². The first kappa shape index (κ1) is 25.5. The molecule has 3 atom stereocenters. The zero-order chi connectivity index (χ0) is 25.0. The molecule has 1 fully saturated rings. The fourth-order valence-electron chi connectivity index (χ4n) is 5.05. The van der Waals surface area contributed by atoms with E-state index in [9.17, 15) is 18.7 Å². The number of benzene rings is 2. The number of aryl methyl sites for hydroxylation is 1. The minimum Gasteiger partial charge on any atom is -0.487 e. The number of aliphatic hydroxyl groups excluding tert-OH is 1. The van der Waals surface area contributed by atoms with E-state index in [1.807, 2.05) is 6.07 Å². The van der Waals surface area contributed by atoms with E-state index in [0.29, 0.717) is 5.56 Å². The number of hydrogen-bond acceptors (Lipinski definition) is 5. The van der Waals surface area contributed by atoms with Gasteiger partial charge in [0.15, 0.2) is 0 Å². The van der Waals surface area contributed by atoms with Crippen molar-refractivity contribution < 1.29 is 28.2 Å². The van der Waals surface area contributed by atoms with Crippen LogP contribution in [-0.2, 0) is 22.4 Å².